The third-order valence-corrected chi connectivity index (χ3v) is 3.91. The SMILES string of the molecule is CC(C)(C)NCc1cccc2c1ccn2Cc1ccccc1. The molecule has 0 atom stereocenters. The normalized spacial score (nSPS) is 12.0. The number of nitrogens with one attached hydrogen (secondary N) is 1. The first-order valence-electron chi connectivity index (χ1n) is 7.89. The molecule has 0 saturated carbocycles. The van der Waals surface area contributed by atoms with E-state index in [0.29, 0.717) is 0 Å². The molecule has 0 aliphatic carbocycles. The summed E-state index contributed by atoms with van der Waals surface area (Å²) in [5.41, 5.74) is 4.13. The number of aromatic nitrogens is 1. The van der Waals surface area contributed by atoms with Crippen LogP contribution in [0.5, 0.6) is 0 Å². The summed E-state index contributed by atoms with van der Waals surface area (Å²) >= 11 is 0. The molecule has 2 aromatic carbocycles. The van der Waals surface area contributed by atoms with Gasteiger partial charge < -0.3 is 9.88 Å². The maximum atomic E-state index is 3.58. The Morgan fingerprint density at radius 3 is 2.41 bits per heavy atom. The molecule has 2 nitrogen and oxygen atoms in total. The Balaban J connectivity index is 1.88. The first-order chi connectivity index (χ1) is 10.5. The zero-order valence-corrected chi connectivity index (χ0v) is 13.6. The van der Waals surface area contributed by atoms with Gasteiger partial charge in [0, 0.05) is 35.7 Å². The van der Waals surface area contributed by atoms with Crippen LogP contribution in [0.3, 0.4) is 0 Å². The van der Waals surface area contributed by atoms with Crippen LogP contribution in [0.2, 0.25) is 0 Å². The standard InChI is InChI=1S/C20H24N2/c1-20(2,3)21-14-17-10-7-11-19-18(17)12-13-22(19)15-16-8-5-4-6-9-16/h4-13,21H,14-15H2,1-3H3. The Labute approximate surface area is 132 Å². The molecule has 0 fully saturated rings. The molecule has 0 amide bonds. The van der Waals surface area contributed by atoms with Crippen molar-refractivity contribution in [2.75, 3.05) is 0 Å². The minimum Gasteiger partial charge on any atom is -0.343 e. The van der Waals surface area contributed by atoms with Crippen molar-refractivity contribution in [3.05, 3.63) is 71.9 Å². The predicted molar refractivity (Wildman–Crippen MR) is 94.1 cm³/mol. The van der Waals surface area contributed by atoms with Gasteiger partial charge in [0.15, 0.2) is 0 Å². The molecule has 0 spiro atoms. The molecule has 2 heteroatoms. The van der Waals surface area contributed by atoms with E-state index < -0.39 is 0 Å². The summed E-state index contributed by atoms with van der Waals surface area (Å²) in [6.07, 6.45) is 2.19. The second kappa shape index (κ2) is 5.98. The summed E-state index contributed by atoms with van der Waals surface area (Å²) in [5.74, 6) is 0. The largest absolute Gasteiger partial charge is 0.343 e. The Morgan fingerprint density at radius 2 is 1.68 bits per heavy atom. The molecule has 1 heterocycles. The number of fused-ring (bicyclic) bond motifs is 1. The zero-order valence-electron chi connectivity index (χ0n) is 13.6. The van der Waals surface area contributed by atoms with Crippen molar-refractivity contribution in [3.8, 4) is 0 Å². The Morgan fingerprint density at radius 1 is 0.909 bits per heavy atom. The third-order valence-electron chi connectivity index (χ3n) is 3.91. The van der Waals surface area contributed by atoms with Crippen molar-refractivity contribution in [1.82, 2.24) is 9.88 Å². The van der Waals surface area contributed by atoms with Gasteiger partial charge in [0.1, 0.15) is 0 Å². The van der Waals surface area contributed by atoms with E-state index in [-0.39, 0.29) is 5.54 Å². The second-order valence-corrected chi connectivity index (χ2v) is 6.88. The van der Waals surface area contributed by atoms with E-state index >= 15 is 0 Å². The molecule has 22 heavy (non-hydrogen) atoms. The van der Waals surface area contributed by atoms with E-state index in [2.05, 4.69) is 91.4 Å². The summed E-state index contributed by atoms with van der Waals surface area (Å²) in [4.78, 5) is 0. The average Bonchev–Trinajstić information content (AvgIpc) is 2.89. The van der Waals surface area contributed by atoms with Gasteiger partial charge in [-0.1, -0.05) is 42.5 Å². The molecule has 3 rings (SSSR count). The van der Waals surface area contributed by atoms with Crippen molar-refractivity contribution >= 4 is 10.9 Å². The smallest absolute Gasteiger partial charge is 0.0486 e. The van der Waals surface area contributed by atoms with E-state index in [4.69, 9.17) is 0 Å². The molecule has 0 bridgehead atoms. The van der Waals surface area contributed by atoms with Crippen molar-refractivity contribution in [2.45, 2.75) is 39.4 Å². The van der Waals surface area contributed by atoms with E-state index in [1.807, 2.05) is 0 Å². The van der Waals surface area contributed by atoms with Crippen LogP contribution in [0.15, 0.2) is 60.8 Å². The first kappa shape index (κ1) is 14.9. The number of nitrogens with zero attached hydrogens (tertiary/aromatic N) is 1. The van der Waals surface area contributed by atoms with Crippen molar-refractivity contribution < 1.29 is 0 Å². The van der Waals surface area contributed by atoms with E-state index in [0.717, 1.165) is 13.1 Å². The van der Waals surface area contributed by atoms with E-state index in [9.17, 15) is 0 Å². The van der Waals surface area contributed by atoms with E-state index in [1.54, 1.807) is 0 Å². The number of rotatable bonds is 4. The van der Waals surface area contributed by atoms with E-state index in [1.165, 1.54) is 22.0 Å². The van der Waals surface area contributed by atoms with Crippen molar-refractivity contribution in [3.63, 3.8) is 0 Å². The van der Waals surface area contributed by atoms with Crippen LogP contribution < -0.4 is 5.32 Å². The van der Waals surface area contributed by atoms with Gasteiger partial charge in [-0.2, -0.15) is 0 Å². The highest BCUT2D eigenvalue weighted by atomic mass is 15.0. The number of hydrogen-bond donors (Lipinski definition) is 1. The van der Waals surface area contributed by atoms with Crippen LogP contribution >= 0.6 is 0 Å². The molecule has 3 aromatic rings. The monoisotopic (exact) mass is 292 g/mol. The maximum Gasteiger partial charge on any atom is 0.0486 e. The molecule has 1 N–H and O–H groups in total. The Bertz CT molecular complexity index is 748. The minimum absolute atomic E-state index is 0.134. The van der Waals surface area contributed by atoms with Crippen LogP contribution in [0, 0.1) is 0 Å². The van der Waals surface area contributed by atoms with Crippen LogP contribution in [-0.2, 0) is 13.1 Å². The lowest BCUT2D eigenvalue weighted by molar-refractivity contribution is 0.425. The molecule has 0 aliphatic heterocycles. The quantitative estimate of drug-likeness (QED) is 0.745. The van der Waals surface area contributed by atoms with Gasteiger partial charge in [0.25, 0.3) is 0 Å². The van der Waals surface area contributed by atoms with Crippen LogP contribution in [0.25, 0.3) is 10.9 Å². The molecule has 114 valence electrons. The fourth-order valence-electron chi connectivity index (χ4n) is 2.72. The number of hydrogen-bond acceptors (Lipinski definition) is 1. The molecule has 1 aromatic heterocycles. The molecule has 0 radical (unpaired) electrons. The highest BCUT2D eigenvalue weighted by Gasteiger charge is 2.11. The topological polar surface area (TPSA) is 17.0 Å². The highest BCUT2D eigenvalue weighted by Crippen LogP contribution is 2.22. The van der Waals surface area contributed by atoms with Gasteiger partial charge in [-0.3, -0.25) is 0 Å². The predicted octanol–water partition coefficient (Wildman–Crippen LogP) is 4.58. The molecule has 0 aliphatic rings. The van der Waals surface area contributed by atoms with Crippen LogP contribution in [0.1, 0.15) is 31.9 Å². The Hall–Kier alpha value is -2.06. The zero-order chi connectivity index (χ0) is 15.6. The summed E-state index contributed by atoms with van der Waals surface area (Å²) in [6.45, 7) is 8.42. The van der Waals surface area contributed by atoms with Crippen molar-refractivity contribution in [2.24, 2.45) is 0 Å². The van der Waals surface area contributed by atoms with Gasteiger partial charge >= 0.3 is 0 Å². The Kier molecular flexibility index (Phi) is 4.04. The van der Waals surface area contributed by atoms with Gasteiger partial charge in [-0.25, -0.2) is 0 Å². The third kappa shape index (κ3) is 3.40. The van der Waals surface area contributed by atoms with Crippen LogP contribution in [-0.4, -0.2) is 10.1 Å². The molecular formula is C20H24N2. The summed E-state index contributed by atoms with van der Waals surface area (Å²) in [7, 11) is 0. The lowest BCUT2D eigenvalue weighted by Gasteiger charge is -2.21. The summed E-state index contributed by atoms with van der Waals surface area (Å²) in [6, 6.07) is 19.4. The maximum absolute atomic E-state index is 3.58. The molecule has 0 unspecified atom stereocenters. The fourth-order valence-corrected chi connectivity index (χ4v) is 2.72. The van der Waals surface area contributed by atoms with Gasteiger partial charge in [-0.05, 0) is 44.0 Å². The summed E-state index contributed by atoms with van der Waals surface area (Å²) < 4.78 is 2.32. The second-order valence-electron chi connectivity index (χ2n) is 6.88. The molecular weight excluding hydrogens is 268 g/mol. The average molecular weight is 292 g/mol. The lowest BCUT2D eigenvalue weighted by Crippen LogP contribution is -2.35. The van der Waals surface area contributed by atoms with Crippen molar-refractivity contribution in [1.29, 1.82) is 0 Å². The fraction of sp³-hybridized carbons (Fsp3) is 0.300. The first-order valence-corrected chi connectivity index (χ1v) is 7.89. The van der Waals surface area contributed by atoms with Gasteiger partial charge in [-0.15, -0.1) is 0 Å². The minimum atomic E-state index is 0.134. The highest BCUT2D eigenvalue weighted by molar-refractivity contribution is 5.83. The number of benzene rings is 2. The van der Waals surface area contributed by atoms with Gasteiger partial charge in [0.05, 0.1) is 0 Å². The lowest BCUT2D eigenvalue weighted by atomic mass is 10.1. The van der Waals surface area contributed by atoms with Crippen LogP contribution in [0.4, 0.5) is 0 Å². The molecule has 0 saturated heterocycles. The summed E-state index contributed by atoms with van der Waals surface area (Å²) in [5, 5.41) is 4.92. The van der Waals surface area contributed by atoms with Gasteiger partial charge in [0.2, 0.25) is 0 Å².